The van der Waals surface area contributed by atoms with Crippen molar-refractivity contribution >= 4 is 6.98 Å². The van der Waals surface area contributed by atoms with Crippen LogP contribution in [0.5, 0.6) is 0 Å². The summed E-state index contributed by atoms with van der Waals surface area (Å²) in [4.78, 5) is 0. The fourth-order valence-electron chi connectivity index (χ4n) is 3.74. The van der Waals surface area contributed by atoms with Crippen molar-refractivity contribution in [2.75, 3.05) is 0 Å². The molecule has 0 nitrogen and oxygen atoms in total. The molecule has 1 radical (unpaired) electrons. The molecule has 0 heterocycles. The third kappa shape index (κ3) is 1.78. The van der Waals surface area contributed by atoms with Crippen LogP contribution < -0.4 is 0 Å². The zero-order valence-electron chi connectivity index (χ0n) is 9.45. The van der Waals surface area contributed by atoms with Gasteiger partial charge in [0.05, 0.1) is 0 Å². The van der Waals surface area contributed by atoms with E-state index in [2.05, 4.69) is 0 Å². The van der Waals surface area contributed by atoms with Crippen LogP contribution in [0.1, 0.15) is 30.7 Å². The predicted molar refractivity (Wildman–Crippen MR) is 62.3 cm³/mol. The lowest BCUT2D eigenvalue weighted by atomic mass is 9.58. The number of halogens is 3. The highest BCUT2D eigenvalue weighted by Crippen LogP contribution is 2.61. The number of hydrogen-bond acceptors (Lipinski definition) is 0. The van der Waals surface area contributed by atoms with Crippen molar-refractivity contribution in [3.63, 3.8) is 0 Å². The molecule has 2 bridgehead atoms. The minimum Gasteiger partial charge on any atom is -0.449 e. The molecule has 2 aliphatic rings. The molecule has 0 N–H and O–H groups in total. The van der Waals surface area contributed by atoms with Crippen molar-refractivity contribution in [3.05, 3.63) is 41.7 Å². The first-order valence-corrected chi connectivity index (χ1v) is 6.19. The second-order valence-electron chi connectivity index (χ2n) is 5.23. The third-order valence-corrected chi connectivity index (χ3v) is 4.31. The Balaban J connectivity index is 1.97. The monoisotopic (exact) mass is 238 g/mol. The van der Waals surface area contributed by atoms with Crippen LogP contribution >= 0.6 is 0 Å². The van der Waals surface area contributed by atoms with Gasteiger partial charge in [0.1, 0.15) is 0 Å². The van der Waals surface area contributed by atoms with Crippen LogP contribution in [0.2, 0.25) is 0 Å². The highest BCUT2D eigenvalue weighted by Gasteiger charge is 2.55. The second kappa shape index (κ2) is 3.79. The summed E-state index contributed by atoms with van der Waals surface area (Å²) < 4.78 is 39.5. The number of benzene rings is 1. The summed E-state index contributed by atoms with van der Waals surface area (Å²) in [6.45, 7) is -4.79. The van der Waals surface area contributed by atoms with E-state index in [0.717, 1.165) is 24.8 Å². The van der Waals surface area contributed by atoms with Gasteiger partial charge < -0.3 is 12.9 Å². The van der Waals surface area contributed by atoms with E-state index in [9.17, 15) is 12.9 Å². The van der Waals surface area contributed by atoms with Crippen LogP contribution in [0.4, 0.5) is 12.9 Å². The predicted octanol–water partition coefficient (Wildman–Crippen LogP) is 4.16. The van der Waals surface area contributed by atoms with Crippen LogP contribution in [-0.4, -0.2) is 6.98 Å². The fraction of sp³-hybridized carbons (Fsp3) is 0.462. The average Bonchev–Trinajstić information content (AvgIpc) is 2.88. The highest BCUT2D eigenvalue weighted by molar-refractivity contribution is 6.65. The van der Waals surface area contributed by atoms with E-state index in [-0.39, 0.29) is 23.6 Å². The molecule has 0 aliphatic heterocycles. The van der Waals surface area contributed by atoms with Gasteiger partial charge in [-0.15, -0.1) is 0 Å². The van der Waals surface area contributed by atoms with Crippen LogP contribution in [0, 0.1) is 17.7 Å². The molecule has 91 valence electrons. The largest absolute Gasteiger partial charge is 0.483 e. The van der Waals surface area contributed by atoms with Crippen molar-refractivity contribution in [2.24, 2.45) is 11.8 Å². The maximum atomic E-state index is 13.2. The van der Waals surface area contributed by atoms with E-state index in [1.165, 1.54) is 0 Å². The van der Waals surface area contributed by atoms with Crippen LogP contribution in [-0.2, 0) is 0 Å². The third-order valence-electron chi connectivity index (χ3n) is 4.31. The molecule has 2 saturated carbocycles. The molecular weight excluding hydrogens is 224 g/mol. The van der Waals surface area contributed by atoms with Crippen molar-refractivity contribution in [2.45, 2.75) is 25.2 Å². The zero-order chi connectivity index (χ0) is 12.0. The van der Waals surface area contributed by atoms with Gasteiger partial charge in [-0.05, 0) is 30.2 Å². The molecule has 3 rings (SSSR count). The SMILES string of the molecule is F[B-](F)(F)[C]1C2CCC(C2)C1c1ccccc1. The lowest BCUT2D eigenvalue weighted by Gasteiger charge is -2.38. The normalized spacial score (nSPS) is 33.2. The second-order valence-corrected chi connectivity index (χ2v) is 5.23. The maximum absolute atomic E-state index is 13.2. The molecular formula is C13H14BF3-. The van der Waals surface area contributed by atoms with Crippen molar-refractivity contribution in [1.82, 2.24) is 0 Å². The quantitative estimate of drug-likeness (QED) is 0.678. The molecule has 0 aromatic heterocycles. The minimum atomic E-state index is -4.79. The van der Waals surface area contributed by atoms with Gasteiger partial charge in [0.2, 0.25) is 0 Å². The Kier molecular flexibility index (Phi) is 2.49. The van der Waals surface area contributed by atoms with E-state index >= 15 is 0 Å². The molecule has 0 saturated heterocycles. The lowest BCUT2D eigenvalue weighted by molar-refractivity contribution is 0.398. The first-order chi connectivity index (χ1) is 8.07. The summed E-state index contributed by atoms with van der Waals surface area (Å²) in [6.07, 6.45) is 2.45. The molecule has 3 atom stereocenters. The van der Waals surface area contributed by atoms with Crippen molar-refractivity contribution in [3.8, 4) is 0 Å². The smallest absolute Gasteiger partial charge is 0.449 e. The Bertz CT molecular complexity index is 401. The fourth-order valence-corrected chi connectivity index (χ4v) is 3.74. The summed E-state index contributed by atoms with van der Waals surface area (Å²) in [5.74, 6) is -0.423. The van der Waals surface area contributed by atoms with Gasteiger partial charge in [-0.3, -0.25) is 0 Å². The number of rotatable bonds is 2. The standard InChI is InChI=1S/C13H14BF3/c15-14(16,17)13-11-7-6-10(8-11)12(13)9-4-2-1-3-5-9/h1-5,10-12H,6-8H2/q-1. The Morgan fingerprint density at radius 3 is 2.35 bits per heavy atom. The molecule has 17 heavy (non-hydrogen) atoms. The van der Waals surface area contributed by atoms with Crippen molar-refractivity contribution < 1.29 is 12.9 Å². The average molecular weight is 238 g/mol. The molecule has 3 unspecified atom stereocenters. The van der Waals surface area contributed by atoms with E-state index in [0.29, 0.717) is 0 Å². The van der Waals surface area contributed by atoms with Gasteiger partial charge in [-0.2, -0.15) is 0 Å². The topological polar surface area (TPSA) is 0 Å². The molecule has 2 aliphatic carbocycles. The molecule has 1 aromatic rings. The van der Waals surface area contributed by atoms with E-state index < -0.39 is 6.98 Å². The van der Waals surface area contributed by atoms with E-state index in [1.54, 1.807) is 0 Å². The van der Waals surface area contributed by atoms with Crippen LogP contribution in [0.25, 0.3) is 0 Å². The molecule has 0 amide bonds. The maximum Gasteiger partial charge on any atom is 0.483 e. The Morgan fingerprint density at radius 2 is 1.71 bits per heavy atom. The zero-order valence-corrected chi connectivity index (χ0v) is 9.45. The first-order valence-electron chi connectivity index (χ1n) is 6.19. The Hall–Kier alpha value is -0.925. The minimum absolute atomic E-state index is 0.104. The molecule has 0 spiro atoms. The lowest BCUT2D eigenvalue weighted by Crippen LogP contribution is -2.36. The van der Waals surface area contributed by atoms with E-state index in [4.69, 9.17) is 0 Å². The first kappa shape index (κ1) is 11.2. The van der Waals surface area contributed by atoms with Crippen molar-refractivity contribution in [1.29, 1.82) is 0 Å². The summed E-state index contributed by atoms with van der Waals surface area (Å²) in [5.41, 5.74) is 0.855. The highest BCUT2D eigenvalue weighted by atomic mass is 19.4. The summed E-state index contributed by atoms with van der Waals surface area (Å²) in [6, 6.07) is 9.21. The summed E-state index contributed by atoms with van der Waals surface area (Å²) in [5, 5.41) is 0. The van der Waals surface area contributed by atoms with Gasteiger partial charge in [0.25, 0.3) is 0 Å². The molecule has 4 heteroatoms. The number of fused-ring (bicyclic) bond motifs is 2. The number of hydrogen-bond donors (Lipinski definition) is 0. The summed E-state index contributed by atoms with van der Waals surface area (Å²) >= 11 is 0. The Morgan fingerprint density at radius 1 is 1.00 bits per heavy atom. The van der Waals surface area contributed by atoms with Gasteiger partial charge in [0, 0.05) is 0 Å². The molecule has 2 fully saturated rings. The van der Waals surface area contributed by atoms with Gasteiger partial charge in [-0.25, -0.2) is 0 Å². The van der Waals surface area contributed by atoms with Gasteiger partial charge in [0.15, 0.2) is 0 Å². The summed E-state index contributed by atoms with van der Waals surface area (Å²) in [7, 11) is 0. The van der Waals surface area contributed by atoms with Crippen LogP contribution in [0.3, 0.4) is 0 Å². The Labute approximate surface area is 99.3 Å². The van der Waals surface area contributed by atoms with E-state index in [1.807, 2.05) is 30.3 Å². The molecule has 1 aromatic carbocycles. The van der Waals surface area contributed by atoms with Gasteiger partial charge in [-0.1, -0.05) is 48.5 Å². The van der Waals surface area contributed by atoms with Gasteiger partial charge >= 0.3 is 6.98 Å². The van der Waals surface area contributed by atoms with Crippen LogP contribution in [0.15, 0.2) is 30.3 Å².